The molecule has 3 rings (SSSR count). The number of ether oxygens (including phenoxy) is 1. The lowest BCUT2D eigenvalue weighted by atomic mass is 10.1. The topological polar surface area (TPSA) is 55.2 Å². The van der Waals surface area contributed by atoms with E-state index in [0.29, 0.717) is 28.8 Å². The first kappa shape index (κ1) is 15.0. The summed E-state index contributed by atoms with van der Waals surface area (Å²) in [4.78, 5) is 8.03. The van der Waals surface area contributed by atoms with Gasteiger partial charge >= 0.3 is 0 Å². The van der Waals surface area contributed by atoms with E-state index in [-0.39, 0.29) is 17.0 Å². The fourth-order valence-electron chi connectivity index (χ4n) is 2.13. The summed E-state index contributed by atoms with van der Waals surface area (Å²) in [7, 11) is 0. The average Bonchev–Trinajstić information content (AvgIpc) is 2.53. The maximum absolute atomic E-state index is 9.53. The summed E-state index contributed by atoms with van der Waals surface area (Å²) < 4.78 is 5.80. The van der Waals surface area contributed by atoms with Crippen LogP contribution in [0.4, 0.5) is 0 Å². The van der Waals surface area contributed by atoms with Gasteiger partial charge in [-0.1, -0.05) is 41.9 Å². The molecule has 0 aliphatic carbocycles. The summed E-state index contributed by atoms with van der Waals surface area (Å²) in [5.74, 6) is 0.546. The smallest absolute Gasteiger partial charge is 0.224 e. The lowest BCUT2D eigenvalue weighted by Crippen LogP contribution is -2.00. The second-order valence-corrected chi connectivity index (χ2v) is 5.39. The van der Waals surface area contributed by atoms with Crippen LogP contribution < -0.4 is 4.74 Å². The number of aliphatic hydroxyl groups is 1. The van der Waals surface area contributed by atoms with Crippen molar-refractivity contribution in [2.75, 3.05) is 0 Å². The highest BCUT2D eigenvalue weighted by atomic mass is 35.5. The first-order valence-electron chi connectivity index (χ1n) is 6.60. The standard InChI is InChI=1S/C16H12Cl2N2O2/c17-15-12-6-11(8-21)14(7-13(12)19-16(18)20-15)22-9-10-4-2-1-3-5-10/h1-7,21H,8-9H2. The van der Waals surface area contributed by atoms with Crippen LogP contribution in [0.15, 0.2) is 42.5 Å². The van der Waals surface area contributed by atoms with Crippen molar-refractivity contribution < 1.29 is 9.84 Å². The zero-order valence-corrected chi connectivity index (χ0v) is 13.0. The Morgan fingerprint density at radius 3 is 2.55 bits per heavy atom. The molecular formula is C16H12Cl2N2O2. The molecule has 0 spiro atoms. The van der Waals surface area contributed by atoms with Crippen molar-refractivity contribution in [2.45, 2.75) is 13.2 Å². The molecule has 1 aromatic heterocycles. The van der Waals surface area contributed by atoms with E-state index in [9.17, 15) is 5.11 Å². The van der Waals surface area contributed by atoms with Gasteiger partial charge < -0.3 is 9.84 Å². The van der Waals surface area contributed by atoms with Gasteiger partial charge in [0.05, 0.1) is 12.1 Å². The monoisotopic (exact) mass is 334 g/mol. The van der Waals surface area contributed by atoms with Gasteiger partial charge in [0.1, 0.15) is 17.5 Å². The average molecular weight is 335 g/mol. The Balaban J connectivity index is 1.97. The molecule has 112 valence electrons. The molecule has 1 N–H and O–H groups in total. The van der Waals surface area contributed by atoms with Crippen molar-refractivity contribution in [1.82, 2.24) is 9.97 Å². The molecule has 0 atom stereocenters. The van der Waals surface area contributed by atoms with E-state index in [1.54, 1.807) is 12.1 Å². The lowest BCUT2D eigenvalue weighted by molar-refractivity contribution is 0.259. The van der Waals surface area contributed by atoms with Crippen LogP contribution in [0.5, 0.6) is 5.75 Å². The second-order valence-electron chi connectivity index (χ2n) is 4.69. The van der Waals surface area contributed by atoms with Crippen LogP contribution in [0.25, 0.3) is 10.9 Å². The molecule has 0 amide bonds. The largest absolute Gasteiger partial charge is 0.488 e. The van der Waals surface area contributed by atoms with Crippen molar-refractivity contribution in [3.05, 3.63) is 64.0 Å². The minimum absolute atomic E-state index is 0.0725. The molecule has 0 unspecified atom stereocenters. The zero-order valence-electron chi connectivity index (χ0n) is 11.5. The van der Waals surface area contributed by atoms with Crippen LogP contribution in [0, 0.1) is 0 Å². The molecule has 4 nitrogen and oxygen atoms in total. The normalized spacial score (nSPS) is 10.9. The SMILES string of the molecule is OCc1cc2c(Cl)nc(Cl)nc2cc1OCc1ccccc1. The van der Waals surface area contributed by atoms with E-state index in [1.807, 2.05) is 30.3 Å². The zero-order chi connectivity index (χ0) is 15.5. The number of aromatic nitrogens is 2. The van der Waals surface area contributed by atoms with Crippen molar-refractivity contribution in [1.29, 1.82) is 0 Å². The molecule has 0 aliphatic heterocycles. The number of benzene rings is 2. The Kier molecular flexibility index (Phi) is 4.43. The minimum Gasteiger partial charge on any atom is -0.488 e. The van der Waals surface area contributed by atoms with Crippen LogP contribution >= 0.6 is 23.2 Å². The number of aliphatic hydroxyl groups excluding tert-OH is 1. The fourth-order valence-corrected chi connectivity index (χ4v) is 2.58. The van der Waals surface area contributed by atoms with Gasteiger partial charge in [-0.2, -0.15) is 0 Å². The van der Waals surface area contributed by atoms with Gasteiger partial charge in [-0.25, -0.2) is 9.97 Å². The van der Waals surface area contributed by atoms with E-state index in [0.717, 1.165) is 5.56 Å². The molecule has 0 saturated carbocycles. The van der Waals surface area contributed by atoms with E-state index in [1.165, 1.54) is 0 Å². The third-order valence-electron chi connectivity index (χ3n) is 3.21. The quantitative estimate of drug-likeness (QED) is 0.578. The van der Waals surface area contributed by atoms with Crippen LogP contribution in [-0.4, -0.2) is 15.1 Å². The Labute approximate surface area is 137 Å². The summed E-state index contributed by atoms with van der Waals surface area (Å²) in [6.07, 6.45) is 0. The van der Waals surface area contributed by atoms with Crippen molar-refractivity contribution in [3.8, 4) is 5.75 Å². The van der Waals surface area contributed by atoms with Crippen LogP contribution in [0.1, 0.15) is 11.1 Å². The van der Waals surface area contributed by atoms with Gasteiger partial charge in [0.25, 0.3) is 0 Å². The second kappa shape index (κ2) is 6.48. The summed E-state index contributed by atoms with van der Waals surface area (Å²) in [6, 6.07) is 13.2. The predicted octanol–water partition coefficient (Wildman–Crippen LogP) is 4.01. The molecular weight excluding hydrogens is 323 g/mol. The Hall–Kier alpha value is -1.88. The summed E-state index contributed by atoms with van der Waals surface area (Å²) in [5, 5.41) is 10.5. The van der Waals surface area contributed by atoms with E-state index in [4.69, 9.17) is 27.9 Å². The van der Waals surface area contributed by atoms with Crippen LogP contribution in [0.2, 0.25) is 10.4 Å². The number of nitrogens with zero attached hydrogens (tertiary/aromatic N) is 2. The first-order chi connectivity index (χ1) is 10.7. The number of fused-ring (bicyclic) bond motifs is 1. The van der Waals surface area contributed by atoms with Gasteiger partial charge in [0.2, 0.25) is 5.28 Å². The highest BCUT2D eigenvalue weighted by molar-refractivity contribution is 6.35. The van der Waals surface area contributed by atoms with E-state index < -0.39 is 0 Å². The molecule has 6 heteroatoms. The first-order valence-corrected chi connectivity index (χ1v) is 7.36. The van der Waals surface area contributed by atoms with Gasteiger partial charge in [-0.05, 0) is 23.2 Å². The minimum atomic E-state index is -0.168. The fraction of sp³-hybridized carbons (Fsp3) is 0.125. The summed E-state index contributed by atoms with van der Waals surface area (Å²) in [6.45, 7) is 0.227. The molecule has 3 aromatic rings. The van der Waals surface area contributed by atoms with Crippen LogP contribution in [-0.2, 0) is 13.2 Å². The van der Waals surface area contributed by atoms with Gasteiger partial charge in [-0.3, -0.25) is 0 Å². The molecule has 1 heterocycles. The predicted molar refractivity (Wildman–Crippen MR) is 86.3 cm³/mol. The molecule has 22 heavy (non-hydrogen) atoms. The molecule has 0 radical (unpaired) electrons. The number of halogens is 2. The summed E-state index contributed by atoms with van der Waals surface area (Å²) in [5.41, 5.74) is 2.23. The van der Waals surface area contributed by atoms with Gasteiger partial charge in [-0.15, -0.1) is 0 Å². The number of hydrogen-bond donors (Lipinski definition) is 1. The molecule has 0 fully saturated rings. The highest BCUT2D eigenvalue weighted by Gasteiger charge is 2.11. The van der Waals surface area contributed by atoms with Crippen molar-refractivity contribution >= 4 is 34.1 Å². The maximum atomic E-state index is 9.53. The lowest BCUT2D eigenvalue weighted by Gasteiger charge is -2.12. The molecule has 0 bridgehead atoms. The van der Waals surface area contributed by atoms with E-state index in [2.05, 4.69) is 9.97 Å². The van der Waals surface area contributed by atoms with Crippen LogP contribution in [0.3, 0.4) is 0 Å². The third-order valence-corrected chi connectivity index (χ3v) is 3.67. The maximum Gasteiger partial charge on any atom is 0.224 e. The van der Waals surface area contributed by atoms with Crippen molar-refractivity contribution in [2.24, 2.45) is 0 Å². The molecule has 0 saturated heterocycles. The number of rotatable bonds is 4. The number of hydrogen-bond acceptors (Lipinski definition) is 4. The van der Waals surface area contributed by atoms with Crippen molar-refractivity contribution in [3.63, 3.8) is 0 Å². The van der Waals surface area contributed by atoms with E-state index >= 15 is 0 Å². The van der Waals surface area contributed by atoms with Gasteiger partial charge in [0, 0.05) is 17.0 Å². The Morgan fingerprint density at radius 2 is 1.82 bits per heavy atom. The third kappa shape index (κ3) is 3.14. The Morgan fingerprint density at radius 1 is 1.05 bits per heavy atom. The van der Waals surface area contributed by atoms with Gasteiger partial charge in [0.15, 0.2) is 0 Å². The molecule has 2 aromatic carbocycles. The molecule has 0 aliphatic rings. The Bertz CT molecular complexity index is 810. The highest BCUT2D eigenvalue weighted by Crippen LogP contribution is 2.30. The summed E-state index contributed by atoms with van der Waals surface area (Å²) >= 11 is 11.9.